The number of nitrogens with one attached hydrogen (secondary N) is 2. The molecule has 0 aliphatic heterocycles. The van der Waals surface area contributed by atoms with E-state index in [2.05, 4.69) is 5.32 Å². The van der Waals surface area contributed by atoms with Crippen molar-refractivity contribution in [1.82, 2.24) is 5.48 Å². The Bertz CT molecular complexity index is 928. The molecule has 0 spiro atoms. The van der Waals surface area contributed by atoms with Crippen LogP contribution in [-0.4, -0.2) is 17.0 Å². The Morgan fingerprint density at radius 2 is 1.38 bits per heavy atom. The molecule has 6 heteroatoms. The summed E-state index contributed by atoms with van der Waals surface area (Å²) >= 11 is 0. The number of carbonyl (C=O) groups is 2. The summed E-state index contributed by atoms with van der Waals surface area (Å²) in [5.41, 5.74) is 3.13. The lowest BCUT2D eigenvalue weighted by molar-refractivity contribution is -0.138. The highest BCUT2D eigenvalue weighted by atomic mass is 16.5. The molecular formula is C23H22N2O4. The second-order valence-electron chi connectivity index (χ2n) is 6.48. The highest BCUT2D eigenvalue weighted by Crippen LogP contribution is 2.23. The molecular weight excluding hydrogens is 368 g/mol. The molecule has 2 amide bonds. The number of aryl methyl sites for hydroxylation is 1. The fourth-order valence-corrected chi connectivity index (χ4v) is 2.88. The number of carbonyl (C=O) groups excluding carboxylic acids is 2. The molecule has 0 aliphatic rings. The van der Waals surface area contributed by atoms with Gasteiger partial charge in [0.15, 0.2) is 0 Å². The van der Waals surface area contributed by atoms with Crippen LogP contribution in [0, 0.1) is 5.92 Å². The van der Waals surface area contributed by atoms with E-state index in [9.17, 15) is 9.59 Å². The topological polar surface area (TPSA) is 87.7 Å². The summed E-state index contributed by atoms with van der Waals surface area (Å²) in [6.45, 7) is 0. The molecule has 3 aromatic carbocycles. The van der Waals surface area contributed by atoms with Gasteiger partial charge in [-0.15, -0.1) is 0 Å². The highest BCUT2D eigenvalue weighted by molar-refractivity contribution is 6.06. The van der Waals surface area contributed by atoms with Gasteiger partial charge in [-0.05, 0) is 54.8 Å². The van der Waals surface area contributed by atoms with E-state index in [1.165, 1.54) is 0 Å². The molecule has 0 radical (unpaired) electrons. The Kier molecular flexibility index (Phi) is 6.97. The second kappa shape index (κ2) is 10.1. The Labute approximate surface area is 169 Å². The van der Waals surface area contributed by atoms with Crippen molar-refractivity contribution in [2.24, 2.45) is 5.92 Å². The first-order chi connectivity index (χ1) is 14.2. The molecule has 1 unspecified atom stereocenters. The van der Waals surface area contributed by atoms with E-state index >= 15 is 0 Å². The van der Waals surface area contributed by atoms with Crippen LogP contribution in [-0.2, 0) is 16.0 Å². The Morgan fingerprint density at radius 1 is 0.793 bits per heavy atom. The van der Waals surface area contributed by atoms with Gasteiger partial charge >= 0.3 is 0 Å². The zero-order valence-electron chi connectivity index (χ0n) is 15.7. The van der Waals surface area contributed by atoms with Gasteiger partial charge < -0.3 is 10.1 Å². The predicted octanol–water partition coefficient (Wildman–Crippen LogP) is 4.17. The molecule has 6 nitrogen and oxygen atoms in total. The average molecular weight is 390 g/mol. The van der Waals surface area contributed by atoms with Crippen LogP contribution in [0.3, 0.4) is 0 Å². The molecule has 0 bridgehead atoms. The van der Waals surface area contributed by atoms with Crippen LogP contribution in [0.5, 0.6) is 11.5 Å². The number of benzene rings is 3. The van der Waals surface area contributed by atoms with E-state index in [4.69, 9.17) is 9.94 Å². The van der Waals surface area contributed by atoms with Crippen LogP contribution in [0.15, 0.2) is 84.9 Å². The molecule has 0 saturated carbocycles. The van der Waals surface area contributed by atoms with Crippen molar-refractivity contribution >= 4 is 17.5 Å². The molecule has 3 aromatic rings. The van der Waals surface area contributed by atoms with Crippen LogP contribution < -0.4 is 15.5 Å². The first-order valence-electron chi connectivity index (χ1n) is 9.27. The van der Waals surface area contributed by atoms with Crippen LogP contribution in [0.1, 0.15) is 12.0 Å². The van der Waals surface area contributed by atoms with Crippen molar-refractivity contribution in [3.63, 3.8) is 0 Å². The van der Waals surface area contributed by atoms with E-state index < -0.39 is 17.7 Å². The molecule has 148 valence electrons. The summed E-state index contributed by atoms with van der Waals surface area (Å²) in [6.07, 6.45) is 0.813. The summed E-state index contributed by atoms with van der Waals surface area (Å²) in [6, 6.07) is 25.8. The zero-order valence-corrected chi connectivity index (χ0v) is 15.7. The van der Waals surface area contributed by atoms with Crippen molar-refractivity contribution in [3.05, 3.63) is 90.5 Å². The second-order valence-corrected chi connectivity index (χ2v) is 6.48. The molecule has 29 heavy (non-hydrogen) atoms. The monoisotopic (exact) mass is 390 g/mol. The average Bonchev–Trinajstić information content (AvgIpc) is 2.76. The minimum Gasteiger partial charge on any atom is -0.457 e. The number of anilines is 1. The maximum absolute atomic E-state index is 12.6. The van der Waals surface area contributed by atoms with Crippen molar-refractivity contribution in [1.29, 1.82) is 0 Å². The van der Waals surface area contributed by atoms with Gasteiger partial charge in [0.2, 0.25) is 5.91 Å². The molecule has 3 N–H and O–H groups in total. The van der Waals surface area contributed by atoms with Crippen LogP contribution in [0.25, 0.3) is 0 Å². The van der Waals surface area contributed by atoms with E-state index in [1.807, 2.05) is 60.7 Å². The summed E-state index contributed by atoms with van der Waals surface area (Å²) in [7, 11) is 0. The Morgan fingerprint density at radius 3 is 2.00 bits per heavy atom. The maximum Gasteiger partial charge on any atom is 0.255 e. The van der Waals surface area contributed by atoms with Gasteiger partial charge in [0.05, 0.1) is 0 Å². The van der Waals surface area contributed by atoms with E-state index in [0.717, 1.165) is 5.56 Å². The van der Waals surface area contributed by atoms with Gasteiger partial charge in [0.25, 0.3) is 5.91 Å². The summed E-state index contributed by atoms with van der Waals surface area (Å²) in [5, 5.41) is 11.7. The van der Waals surface area contributed by atoms with Gasteiger partial charge in [0, 0.05) is 5.69 Å². The lowest BCUT2D eigenvalue weighted by atomic mass is 9.98. The quantitative estimate of drug-likeness (QED) is 0.306. The molecule has 1 atom stereocenters. The van der Waals surface area contributed by atoms with Gasteiger partial charge in [-0.1, -0.05) is 48.5 Å². The highest BCUT2D eigenvalue weighted by Gasteiger charge is 2.26. The minimum absolute atomic E-state index is 0.275. The van der Waals surface area contributed by atoms with Crippen molar-refractivity contribution in [2.75, 3.05) is 5.32 Å². The number of para-hydroxylation sites is 1. The predicted molar refractivity (Wildman–Crippen MR) is 110 cm³/mol. The third-order valence-corrected chi connectivity index (χ3v) is 4.41. The van der Waals surface area contributed by atoms with Crippen molar-refractivity contribution in [2.45, 2.75) is 12.8 Å². The van der Waals surface area contributed by atoms with Gasteiger partial charge in [0.1, 0.15) is 17.4 Å². The van der Waals surface area contributed by atoms with Gasteiger partial charge in [-0.2, -0.15) is 0 Å². The van der Waals surface area contributed by atoms with Gasteiger partial charge in [-0.3, -0.25) is 14.8 Å². The van der Waals surface area contributed by atoms with E-state index in [-0.39, 0.29) is 6.42 Å². The molecule has 0 heterocycles. The lowest BCUT2D eigenvalue weighted by Crippen LogP contribution is -2.37. The van der Waals surface area contributed by atoms with Crippen LogP contribution in [0.2, 0.25) is 0 Å². The smallest absolute Gasteiger partial charge is 0.255 e. The Balaban J connectivity index is 1.61. The number of ether oxygens (including phenoxy) is 1. The van der Waals surface area contributed by atoms with E-state index in [0.29, 0.717) is 23.6 Å². The SMILES string of the molecule is O=C(NO)C(CCc1ccccc1)C(=O)Nc1ccc(Oc2ccccc2)cc1. The number of amides is 2. The van der Waals surface area contributed by atoms with E-state index in [1.54, 1.807) is 29.7 Å². The standard InChI is InChI=1S/C23H22N2O4/c26-22(21(23(27)25-28)16-11-17-7-3-1-4-8-17)24-18-12-14-20(15-13-18)29-19-9-5-2-6-10-19/h1-10,12-15,21,28H,11,16H2,(H,24,26)(H,25,27). The van der Waals surface area contributed by atoms with Gasteiger partial charge in [-0.25, -0.2) is 5.48 Å². The van der Waals surface area contributed by atoms with Crippen LogP contribution in [0.4, 0.5) is 5.69 Å². The van der Waals surface area contributed by atoms with Crippen molar-refractivity contribution < 1.29 is 19.5 Å². The summed E-state index contributed by atoms with van der Waals surface area (Å²) in [5.74, 6) is -0.889. The number of hydrogen-bond donors (Lipinski definition) is 3. The fourth-order valence-electron chi connectivity index (χ4n) is 2.88. The number of hydrogen-bond acceptors (Lipinski definition) is 4. The summed E-state index contributed by atoms with van der Waals surface area (Å²) < 4.78 is 5.72. The first kappa shape index (κ1) is 20.1. The van der Waals surface area contributed by atoms with Crippen molar-refractivity contribution in [3.8, 4) is 11.5 Å². The zero-order chi connectivity index (χ0) is 20.5. The Hall–Kier alpha value is -3.64. The molecule has 0 aliphatic carbocycles. The number of rotatable bonds is 8. The maximum atomic E-state index is 12.6. The largest absolute Gasteiger partial charge is 0.457 e. The molecule has 0 fully saturated rings. The lowest BCUT2D eigenvalue weighted by Gasteiger charge is -2.15. The third-order valence-electron chi connectivity index (χ3n) is 4.41. The minimum atomic E-state index is -1.01. The molecule has 0 aromatic heterocycles. The fraction of sp³-hybridized carbons (Fsp3) is 0.130. The summed E-state index contributed by atoms with van der Waals surface area (Å²) in [4.78, 5) is 24.6. The normalized spacial score (nSPS) is 11.3. The number of hydroxylamine groups is 1. The van der Waals surface area contributed by atoms with Crippen LogP contribution >= 0.6 is 0 Å². The molecule has 0 saturated heterocycles. The first-order valence-corrected chi connectivity index (χ1v) is 9.27. The molecule has 3 rings (SSSR count). The third kappa shape index (κ3) is 5.92.